The fourth-order valence-corrected chi connectivity index (χ4v) is 4.80. The Morgan fingerprint density at radius 3 is 2.53 bits per heavy atom. The van der Waals surface area contributed by atoms with E-state index in [1.54, 1.807) is 12.1 Å². The number of amides is 2. The lowest BCUT2D eigenvalue weighted by Gasteiger charge is -2.50. The maximum Gasteiger partial charge on any atom is 0.316 e. The summed E-state index contributed by atoms with van der Waals surface area (Å²) in [7, 11) is 1.51. The van der Waals surface area contributed by atoms with Crippen LogP contribution in [-0.2, 0) is 6.42 Å². The van der Waals surface area contributed by atoms with Crippen molar-refractivity contribution in [2.24, 2.45) is 11.1 Å². The summed E-state index contributed by atoms with van der Waals surface area (Å²) in [5.41, 5.74) is 5.66. The molecule has 0 bridgehead atoms. The standard InChI is InChI=1S/C25H33Cl2N3O4/c1-24(2)16-30(11-9-25(24,32)15-17-5-7-18(26)8-6-17)10-4-12-34-22-14-21(33-3)19(27)13-20(22)29-23(28)31/h5-8,13-14,32H,4,9-12,15-16H2,1-3H3,(H3,28,29,31). The number of halogens is 2. The predicted molar refractivity (Wildman–Crippen MR) is 136 cm³/mol. The Labute approximate surface area is 211 Å². The van der Waals surface area contributed by atoms with Gasteiger partial charge in [-0.1, -0.05) is 49.2 Å². The van der Waals surface area contributed by atoms with Crippen molar-refractivity contribution in [3.8, 4) is 11.5 Å². The van der Waals surface area contributed by atoms with Crippen LogP contribution in [0.2, 0.25) is 10.0 Å². The lowest BCUT2D eigenvalue weighted by molar-refractivity contribution is -0.118. The zero-order valence-electron chi connectivity index (χ0n) is 19.9. The number of rotatable bonds is 9. The number of hydrogen-bond donors (Lipinski definition) is 3. The van der Waals surface area contributed by atoms with Gasteiger partial charge in [0.1, 0.15) is 11.5 Å². The smallest absolute Gasteiger partial charge is 0.316 e. The Kier molecular flexibility index (Phi) is 8.57. The number of anilines is 1. The van der Waals surface area contributed by atoms with E-state index in [1.165, 1.54) is 7.11 Å². The molecule has 3 rings (SSSR count). The van der Waals surface area contributed by atoms with Crippen LogP contribution in [0.1, 0.15) is 32.3 Å². The Bertz CT molecular complexity index is 1000. The van der Waals surface area contributed by atoms with Gasteiger partial charge in [0, 0.05) is 42.6 Å². The minimum absolute atomic E-state index is 0.284. The molecular formula is C25H33Cl2N3O4. The van der Waals surface area contributed by atoms with Crippen LogP contribution < -0.4 is 20.5 Å². The van der Waals surface area contributed by atoms with E-state index in [2.05, 4.69) is 24.1 Å². The summed E-state index contributed by atoms with van der Waals surface area (Å²) < 4.78 is 11.2. The molecule has 2 aromatic rings. The number of nitrogens with two attached hydrogens (primary N) is 1. The Hall–Kier alpha value is -2.19. The normalized spacial score (nSPS) is 20.1. The van der Waals surface area contributed by atoms with Crippen LogP contribution in [-0.4, -0.2) is 55.0 Å². The van der Waals surface area contributed by atoms with Gasteiger partial charge in [-0.15, -0.1) is 0 Å². The van der Waals surface area contributed by atoms with Crippen LogP contribution in [0.4, 0.5) is 10.5 Å². The molecule has 0 aromatic heterocycles. The third-order valence-corrected chi connectivity index (χ3v) is 7.07. The minimum atomic E-state index is -0.789. The second-order valence-corrected chi connectivity index (χ2v) is 10.3. The van der Waals surface area contributed by atoms with Crippen molar-refractivity contribution in [2.75, 3.05) is 38.7 Å². The Morgan fingerprint density at radius 2 is 1.91 bits per heavy atom. The van der Waals surface area contributed by atoms with E-state index in [1.807, 2.05) is 24.3 Å². The highest BCUT2D eigenvalue weighted by Gasteiger charge is 2.47. The Morgan fingerprint density at radius 1 is 1.21 bits per heavy atom. The topological polar surface area (TPSA) is 97.1 Å². The van der Waals surface area contributed by atoms with Gasteiger partial charge in [-0.3, -0.25) is 0 Å². The number of carbonyl (C=O) groups excluding carboxylic acids is 1. The lowest BCUT2D eigenvalue weighted by Crippen LogP contribution is -2.58. The maximum atomic E-state index is 11.5. The number of piperidine rings is 1. The summed E-state index contributed by atoms with van der Waals surface area (Å²) in [6, 6.07) is 10.2. The van der Waals surface area contributed by atoms with Crippen LogP contribution in [0, 0.1) is 5.41 Å². The van der Waals surface area contributed by atoms with Crippen molar-refractivity contribution in [3.05, 3.63) is 52.0 Å². The number of urea groups is 1. The molecule has 2 amide bonds. The van der Waals surface area contributed by atoms with E-state index >= 15 is 0 Å². The maximum absolute atomic E-state index is 11.5. The first kappa shape index (κ1) is 26.4. The van der Waals surface area contributed by atoms with E-state index in [0.717, 1.165) is 31.6 Å². The molecule has 1 saturated heterocycles. The molecule has 0 saturated carbocycles. The van der Waals surface area contributed by atoms with Gasteiger partial charge in [0.15, 0.2) is 0 Å². The summed E-state index contributed by atoms with van der Waals surface area (Å²) in [4.78, 5) is 13.7. The molecule has 186 valence electrons. The number of nitrogens with one attached hydrogen (secondary N) is 1. The number of carbonyl (C=O) groups is 1. The van der Waals surface area contributed by atoms with Crippen LogP contribution in [0.3, 0.4) is 0 Å². The van der Waals surface area contributed by atoms with E-state index in [0.29, 0.717) is 46.7 Å². The first-order chi connectivity index (χ1) is 16.0. The molecule has 1 fully saturated rings. The fraction of sp³-hybridized carbons (Fsp3) is 0.480. The summed E-state index contributed by atoms with van der Waals surface area (Å²) in [6.45, 7) is 7.08. The lowest BCUT2D eigenvalue weighted by atomic mass is 9.67. The van der Waals surface area contributed by atoms with Gasteiger partial charge in [-0.05, 0) is 36.6 Å². The predicted octanol–water partition coefficient (Wildman–Crippen LogP) is 4.97. The first-order valence-corrected chi connectivity index (χ1v) is 12.0. The number of methoxy groups -OCH3 is 1. The van der Waals surface area contributed by atoms with Gasteiger partial charge in [0.25, 0.3) is 0 Å². The number of aliphatic hydroxyl groups is 1. The van der Waals surface area contributed by atoms with Gasteiger partial charge in [0.05, 0.1) is 30.0 Å². The van der Waals surface area contributed by atoms with Crippen LogP contribution in [0.25, 0.3) is 0 Å². The molecule has 0 spiro atoms. The van der Waals surface area contributed by atoms with E-state index in [-0.39, 0.29) is 5.41 Å². The van der Waals surface area contributed by atoms with E-state index in [9.17, 15) is 9.90 Å². The molecule has 4 N–H and O–H groups in total. The molecule has 7 nitrogen and oxygen atoms in total. The van der Waals surface area contributed by atoms with Gasteiger partial charge >= 0.3 is 6.03 Å². The van der Waals surface area contributed by atoms with Crippen LogP contribution in [0.15, 0.2) is 36.4 Å². The average molecular weight is 510 g/mol. The largest absolute Gasteiger partial charge is 0.495 e. The summed E-state index contributed by atoms with van der Waals surface area (Å²) in [6.07, 6.45) is 2.05. The summed E-state index contributed by atoms with van der Waals surface area (Å²) in [5, 5.41) is 15.1. The third-order valence-electron chi connectivity index (χ3n) is 6.52. The van der Waals surface area contributed by atoms with Crippen molar-refractivity contribution in [1.29, 1.82) is 0 Å². The zero-order valence-corrected chi connectivity index (χ0v) is 21.4. The molecule has 2 aromatic carbocycles. The highest BCUT2D eigenvalue weighted by Crippen LogP contribution is 2.41. The number of likely N-dealkylation sites (tertiary alicyclic amines) is 1. The van der Waals surface area contributed by atoms with Gasteiger partial charge in [-0.2, -0.15) is 0 Å². The van der Waals surface area contributed by atoms with Crippen LogP contribution in [0.5, 0.6) is 11.5 Å². The quantitative estimate of drug-likeness (QED) is 0.414. The zero-order chi connectivity index (χ0) is 24.9. The second kappa shape index (κ2) is 11.0. The van der Waals surface area contributed by atoms with E-state index in [4.69, 9.17) is 38.4 Å². The molecule has 1 unspecified atom stereocenters. The molecular weight excluding hydrogens is 477 g/mol. The monoisotopic (exact) mass is 509 g/mol. The van der Waals surface area contributed by atoms with Crippen molar-refractivity contribution >= 4 is 34.9 Å². The summed E-state index contributed by atoms with van der Waals surface area (Å²) in [5.74, 6) is 0.890. The highest BCUT2D eigenvalue weighted by atomic mass is 35.5. The third kappa shape index (κ3) is 6.48. The van der Waals surface area contributed by atoms with Crippen molar-refractivity contribution < 1.29 is 19.4 Å². The molecule has 0 radical (unpaired) electrons. The SMILES string of the molecule is COc1cc(OCCCN2CCC(O)(Cc3ccc(Cl)cc3)C(C)(C)C2)c(NC(N)=O)cc1Cl. The number of primary amides is 1. The minimum Gasteiger partial charge on any atom is -0.495 e. The van der Waals surface area contributed by atoms with Crippen molar-refractivity contribution in [3.63, 3.8) is 0 Å². The van der Waals surface area contributed by atoms with Gasteiger partial charge < -0.3 is 30.5 Å². The number of ether oxygens (including phenoxy) is 2. The van der Waals surface area contributed by atoms with Crippen molar-refractivity contribution in [1.82, 2.24) is 4.90 Å². The van der Waals surface area contributed by atoms with E-state index < -0.39 is 11.6 Å². The molecule has 34 heavy (non-hydrogen) atoms. The molecule has 1 aliphatic heterocycles. The molecule has 1 aliphatic rings. The van der Waals surface area contributed by atoms with Crippen LogP contribution >= 0.6 is 23.2 Å². The fourth-order valence-electron chi connectivity index (χ4n) is 4.44. The molecule has 1 heterocycles. The molecule has 9 heteroatoms. The van der Waals surface area contributed by atoms with Crippen molar-refractivity contribution in [2.45, 2.75) is 38.7 Å². The first-order valence-electron chi connectivity index (χ1n) is 11.3. The number of nitrogens with zero attached hydrogens (tertiary/aromatic N) is 1. The average Bonchev–Trinajstić information content (AvgIpc) is 2.76. The molecule has 1 atom stereocenters. The summed E-state index contributed by atoms with van der Waals surface area (Å²) >= 11 is 12.2. The number of hydrogen-bond acceptors (Lipinski definition) is 5. The number of benzene rings is 2. The highest BCUT2D eigenvalue weighted by molar-refractivity contribution is 6.32. The second-order valence-electron chi connectivity index (χ2n) is 9.42. The Balaban J connectivity index is 1.55. The van der Waals surface area contributed by atoms with Gasteiger partial charge in [0.2, 0.25) is 0 Å². The molecule has 0 aliphatic carbocycles. The van der Waals surface area contributed by atoms with Gasteiger partial charge in [-0.25, -0.2) is 4.79 Å².